The van der Waals surface area contributed by atoms with Crippen LogP contribution < -0.4 is 4.74 Å². The van der Waals surface area contributed by atoms with Gasteiger partial charge in [0.1, 0.15) is 5.56 Å². The first-order valence-electron chi connectivity index (χ1n) is 11.5. The van der Waals surface area contributed by atoms with Gasteiger partial charge >= 0.3 is 0 Å². The molecule has 0 saturated heterocycles. The summed E-state index contributed by atoms with van der Waals surface area (Å²) in [6.07, 6.45) is 2.63. The van der Waals surface area contributed by atoms with Crippen LogP contribution in [0.5, 0.6) is 5.88 Å². The fourth-order valence-electron chi connectivity index (χ4n) is 4.56. The summed E-state index contributed by atoms with van der Waals surface area (Å²) in [6, 6.07) is 11.0. The van der Waals surface area contributed by atoms with Crippen molar-refractivity contribution >= 4 is 23.3 Å². The number of carbonyl (C=O) groups is 2. The molecule has 3 aromatic rings. The summed E-state index contributed by atoms with van der Waals surface area (Å²) in [7, 11) is 0. The van der Waals surface area contributed by atoms with Gasteiger partial charge in [0.2, 0.25) is 5.88 Å². The van der Waals surface area contributed by atoms with Crippen LogP contribution in [0, 0.1) is 23.8 Å². The molecule has 0 fully saturated rings. The summed E-state index contributed by atoms with van der Waals surface area (Å²) in [5.41, 5.74) is 5.08. The lowest BCUT2D eigenvalue weighted by Crippen LogP contribution is -2.26. The maximum absolute atomic E-state index is 13.8. The molecule has 0 saturated carbocycles. The Hall–Kier alpha value is -3.26. The molecular weight excluding hydrogens is 464 g/mol. The van der Waals surface area contributed by atoms with Gasteiger partial charge in [0, 0.05) is 32.5 Å². The van der Waals surface area contributed by atoms with Gasteiger partial charge in [-0.15, -0.1) is 11.8 Å². The molecule has 4 rings (SSSR count). The zero-order chi connectivity index (χ0) is 25.8. The molecule has 2 aromatic carbocycles. The Bertz CT molecular complexity index is 1230. The highest BCUT2D eigenvalue weighted by molar-refractivity contribution is 7.99. The summed E-state index contributed by atoms with van der Waals surface area (Å²) in [6.45, 7) is 10.9. The van der Waals surface area contributed by atoms with Crippen molar-refractivity contribution in [3.63, 3.8) is 0 Å². The zero-order valence-corrected chi connectivity index (χ0v) is 21.5. The minimum absolute atomic E-state index is 0.0146. The highest BCUT2D eigenvalue weighted by Gasteiger charge is 2.33. The summed E-state index contributed by atoms with van der Waals surface area (Å²) in [5, 5.41) is 4.36. The van der Waals surface area contributed by atoms with E-state index in [1.807, 2.05) is 49.9 Å². The SMILES string of the molecule is CCn1ncc(C(=O)c2cc(C)c3c(c2C)C(C)(C)CCS3)c1OCC(=O)c1ccccc1.O=O. The molecular formula is C27H30N2O5S. The van der Waals surface area contributed by atoms with E-state index in [9.17, 15) is 9.59 Å². The number of carbonyl (C=O) groups excluding carboxylic acids is 2. The average Bonchev–Trinajstić information content (AvgIpc) is 3.28. The van der Waals surface area contributed by atoms with Crippen LogP contribution in [-0.2, 0) is 12.0 Å². The first-order chi connectivity index (χ1) is 16.7. The number of aryl methyl sites for hydroxylation is 2. The number of thioether (sulfide) groups is 1. The standard InChI is InChI=1S/C27H30N2O3S.O2/c1-6-29-26(32-16-22(30)19-10-8-7-9-11-19)21(15-28-29)24(31)20-14-17(2)25-23(18(20)3)27(4,5)12-13-33-25;1-2/h7-11,14-15H,6,12-13,16H2,1-5H3;. The maximum atomic E-state index is 13.8. The first-order valence-corrected chi connectivity index (χ1v) is 12.5. The molecule has 0 radical (unpaired) electrons. The molecule has 0 amide bonds. The van der Waals surface area contributed by atoms with Crippen molar-refractivity contribution in [1.82, 2.24) is 9.78 Å². The molecule has 0 atom stereocenters. The molecule has 0 aliphatic carbocycles. The number of hydrogen-bond acceptors (Lipinski definition) is 7. The minimum atomic E-state index is -0.151. The van der Waals surface area contributed by atoms with Gasteiger partial charge in [-0.25, -0.2) is 4.68 Å². The Morgan fingerprint density at radius 2 is 1.80 bits per heavy atom. The van der Waals surface area contributed by atoms with Gasteiger partial charge in [-0.3, -0.25) is 9.59 Å². The number of fused-ring (bicyclic) bond motifs is 1. The quantitative estimate of drug-likeness (QED) is 0.380. The molecule has 0 bridgehead atoms. The highest BCUT2D eigenvalue weighted by atomic mass is 32.2. The molecule has 1 aliphatic heterocycles. The molecule has 2 heterocycles. The molecule has 1 aliphatic rings. The second-order valence-corrected chi connectivity index (χ2v) is 10.2. The van der Waals surface area contributed by atoms with Gasteiger partial charge in [-0.05, 0) is 61.1 Å². The normalized spacial score (nSPS) is 13.9. The molecule has 0 N–H and O–H groups in total. The minimum Gasteiger partial charge on any atom is -0.469 e. The van der Waals surface area contributed by atoms with E-state index in [-0.39, 0.29) is 23.6 Å². The van der Waals surface area contributed by atoms with E-state index < -0.39 is 0 Å². The third kappa shape index (κ3) is 5.22. The van der Waals surface area contributed by atoms with Crippen molar-refractivity contribution < 1.29 is 14.3 Å². The van der Waals surface area contributed by atoms with Crippen LogP contribution in [0.4, 0.5) is 0 Å². The average molecular weight is 495 g/mol. The third-order valence-electron chi connectivity index (χ3n) is 6.39. The Morgan fingerprint density at radius 3 is 2.46 bits per heavy atom. The van der Waals surface area contributed by atoms with Crippen LogP contribution in [-0.4, -0.2) is 33.7 Å². The van der Waals surface area contributed by atoms with Gasteiger partial charge in [-0.2, -0.15) is 5.10 Å². The molecule has 8 heteroatoms. The predicted molar refractivity (Wildman–Crippen MR) is 139 cm³/mol. The largest absolute Gasteiger partial charge is 0.469 e. The number of benzene rings is 2. The van der Waals surface area contributed by atoms with Gasteiger partial charge in [0.15, 0.2) is 18.2 Å². The van der Waals surface area contributed by atoms with Gasteiger partial charge in [-0.1, -0.05) is 44.2 Å². The number of nitrogens with zero attached hydrogens (tertiary/aromatic N) is 2. The summed E-state index contributed by atoms with van der Waals surface area (Å²) < 4.78 is 7.54. The Kier molecular flexibility index (Phi) is 8.27. The fraction of sp³-hybridized carbons (Fsp3) is 0.370. The van der Waals surface area contributed by atoms with Crippen LogP contribution in [0.1, 0.15) is 70.2 Å². The second-order valence-electron chi connectivity index (χ2n) is 9.14. The summed E-state index contributed by atoms with van der Waals surface area (Å²) in [4.78, 5) is 41.6. The van der Waals surface area contributed by atoms with Crippen LogP contribution in [0.15, 0.2) is 47.5 Å². The van der Waals surface area contributed by atoms with Gasteiger partial charge in [0.05, 0.1) is 6.20 Å². The van der Waals surface area contributed by atoms with E-state index in [0.717, 1.165) is 23.3 Å². The number of hydrogen-bond donors (Lipinski definition) is 0. The van der Waals surface area contributed by atoms with Crippen LogP contribution >= 0.6 is 11.8 Å². The number of Topliss-reactive ketones (excluding diaryl/α,β-unsaturated/α-hetero) is 1. The molecule has 7 nitrogen and oxygen atoms in total. The van der Waals surface area contributed by atoms with Crippen LogP contribution in [0.2, 0.25) is 0 Å². The van der Waals surface area contributed by atoms with Crippen LogP contribution in [0.25, 0.3) is 0 Å². The summed E-state index contributed by atoms with van der Waals surface area (Å²) in [5.74, 6) is 1.17. The lowest BCUT2D eigenvalue weighted by atomic mass is 9.77. The van der Waals surface area contributed by atoms with Crippen molar-refractivity contribution in [2.24, 2.45) is 0 Å². The fourth-order valence-corrected chi connectivity index (χ4v) is 6.23. The molecule has 184 valence electrons. The molecule has 0 spiro atoms. The Morgan fingerprint density at radius 1 is 1.11 bits per heavy atom. The number of ether oxygens (including phenoxy) is 1. The van der Waals surface area contributed by atoms with E-state index in [1.54, 1.807) is 23.0 Å². The molecule has 1 aromatic heterocycles. The van der Waals surface area contributed by atoms with E-state index in [4.69, 9.17) is 14.7 Å². The van der Waals surface area contributed by atoms with Crippen molar-refractivity contribution in [3.05, 3.63) is 85.9 Å². The second kappa shape index (κ2) is 11.0. The van der Waals surface area contributed by atoms with Crippen LogP contribution in [0.3, 0.4) is 0 Å². The van der Waals surface area contributed by atoms with Gasteiger partial charge in [0.25, 0.3) is 0 Å². The number of aromatic nitrogens is 2. The molecule has 0 unspecified atom stereocenters. The van der Waals surface area contributed by atoms with Crippen molar-refractivity contribution in [1.29, 1.82) is 0 Å². The Labute approximate surface area is 209 Å². The Balaban J connectivity index is 0.00000167. The van der Waals surface area contributed by atoms with E-state index in [0.29, 0.717) is 29.1 Å². The van der Waals surface area contributed by atoms with Gasteiger partial charge < -0.3 is 4.74 Å². The topological polar surface area (TPSA) is 95.3 Å². The monoisotopic (exact) mass is 494 g/mol. The van der Waals surface area contributed by atoms with E-state index in [2.05, 4.69) is 25.9 Å². The lowest BCUT2D eigenvalue weighted by Gasteiger charge is -2.35. The predicted octanol–water partition coefficient (Wildman–Crippen LogP) is 5.85. The lowest BCUT2D eigenvalue weighted by molar-refractivity contribution is 0.0907. The number of ketones is 2. The van der Waals surface area contributed by atoms with Crippen molar-refractivity contribution in [3.8, 4) is 5.88 Å². The maximum Gasteiger partial charge on any atom is 0.223 e. The third-order valence-corrected chi connectivity index (χ3v) is 7.61. The van der Waals surface area contributed by atoms with E-state index >= 15 is 0 Å². The number of rotatable bonds is 7. The zero-order valence-electron chi connectivity index (χ0n) is 20.7. The summed E-state index contributed by atoms with van der Waals surface area (Å²) >= 11 is 1.88. The van der Waals surface area contributed by atoms with Crippen molar-refractivity contribution in [2.75, 3.05) is 12.4 Å². The van der Waals surface area contributed by atoms with Crippen molar-refractivity contribution in [2.45, 2.75) is 57.9 Å². The van der Waals surface area contributed by atoms with E-state index in [1.165, 1.54) is 10.5 Å². The highest BCUT2D eigenvalue weighted by Crippen LogP contribution is 2.46. The smallest absolute Gasteiger partial charge is 0.223 e. The molecule has 35 heavy (non-hydrogen) atoms. The first kappa shape index (κ1) is 26.3.